The summed E-state index contributed by atoms with van der Waals surface area (Å²) in [5.74, 6) is 0.782. The van der Waals surface area contributed by atoms with E-state index in [0.29, 0.717) is 5.15 Å². The first-order valence-corrected chi connectivity index (χ1v) is 7.34. The predicted octanol–water partition coefficient (Wildman–Crippen LogP) is 4.55. The summed E-state index contributed by atoms with van der Waals surface area (Å²) in [7, 11) is 0. The Hall–Kier alpha value is -1.45. The average molecular weight is 289 g/mol. The quantitative estimate of drug-likeness (QED) is 0.646. The van der Waals surface area contributed by atoms with E-state index in [1.807, 2.05) is 11.4 Å². The molecule has 0 saturated carbocycles. The Morgan fingerprint density at radius 2 is 1.84 bits per heavy atom. The number of aromatic nitrogens is 2. The molecule has 0 amide bonds. The number of benzene rings is 1. The molecule has 2 heterocycles. The van der Waals surface area contributed by atoms with Gasteiger partial charge in [0, 0.05) is 11.8 Å². The minimum atomic E-state index is 0.547. The smallest absolute Gasteiger partial charge is 0.141 e. The molecule has 0 aliphatic rings. The Morgan fingerprint density at radius 3 is 2.58 bits per heavy atom. The zero-order chi connectivity index (χ0) is 13.4. The average Bonchev–Trinajstić information content (AvgIpc) is 2.75. The van der Waals surface area contributed by atoms with Gasteiger partial charge in [0.15, 0.2) is 0 Å². The van der Waals surface area contributed by atoms with Crippen molar-refractivity contribution in [3.63, 3.8) is 0 Å². The summed E-state index contributed by atoms with van der Waals surface area (Å²) < 4.78 is 0. The lowest BCUT2D eigenvalue weighted by Gasteiger charge is -2.05. The van der Waals surface area contributed by atoms with E-state index in [4.69, 9.17) is 11.6 Å². The summed E-state index contributed by atoms with van der Waals surface area (Å²) in [6, 6.07) is 8.47. The van der Waals surface area contributed by atoms with Crippen LogP contribution in [0.15, 0.2) is 29.6 Å². The van der Waals surface area contributed by atoms with Crippen LogP contribution in [0.1, 0.15) is 22.5 Å². The maximum absolute atomic E-state index is 6.19. The van der Waals surface area contributed by atoms with Gasteiger partial charge in [0.05, 0.1) is 0 Å². The highest BCUT2D eigenvalue weighted by Crippen LogP contribution is 2.25. The third-order valence-electron chi connectivity index (χ3n) is 2.97. The molecular weight excluding hydrogens is 276 g/mol. The molecule has 0 spiro atoms. The number of nitrogens with zero attached hydrogens (tertiary/aromatic N) is 2. The van der Waals surface area contributed by atoms with E-state index in [0.717, 1.165) is 22.5 Å². The lowest BCUT2D eigenvalue weighted by atomic mass is 10.0. The second-order valence-electron chi connectivity index (χ2n) is 4.74. The lowest BCUT2D eigenvalue weighted by Crippen LogP contribution is -1.97. The monoisotopic (exact) mass is 288 g/mol. The first-order chi connectivity index (χ1) is 9.11. The molecule has 3 aromatic rings. The minimum Gasteiger partial charge on any atom is -0.222 e. The van der Waals surface area contributed by atoms with Crippen LogP contribution in [-0.2, 0) is 6.42 Å². The highest BCUT2D eigenvalue weighted by Gasteiger charge is 2.08. The first-order valence-electron chi connectivity index (χ1n) is 6.08. The van der Waals surface area contributed by atoms with Crippen molar-refractivity contribution in [2.75, 3.05) is 0 Å². The van der Waals surface area contributed by atoms with Crippen LogP contribution in [-0.4, -0.2) is 9.97 Å². The van der Waals surface area contributed by atoms with E-state index in [1.165, 1.54) is 16.7 Å². The number of fused-ring (bicyclic) bond motifs is 1. The van der Waals surface area contributed by atoms with Gasteiger partial charge in [-0.2, -0.15) is 0 Å². The Bertz CT molecular complexity index is 729. The van der Waals surface area contributed by atoms with Crippen LogP contribution in [0.2, 0.25) is 5.15 Å². The summed E-state index contributed by atoms with van der Waals surface area (Å²) in [4.78, 5) is 9.92. The molecule has 0 fully saturated rings. The molecule has 0 saturated heterocycles. The van der Waals surface area contributed by atoms with Crippen molar-refractivity contribution in [3.05, 3.63) is 57.3 Å². The maximum atomic E-state index is 6.19. The van der Waals surface area contributed by atoms with Crippen molar-refractivity contribution in [1.82, 2.24) is 9.97 Å². The number of thiophene rings is 1. The SMILES string of the molecule is Cc1cc(C)cc(Cc2nc(Cl)c3ccsc3n2)c1. The van der Waals surface area contributed by atoms with Gasteiger partial charge in [-0.15, -0.1) is 11.3 Å². The molecule has 0 radical (unpaired) electrons. The molecule has 96 valence electrons. The number of aryl methyl sites for hydroxylation is 2. The zero-order valence-corrected chi connectivity index (χ0v) is 12.3. The van der Waals surface area contributed by atoms with E-state index in [-0.39, 0.29) is 0 Å². The molecule has 0 atom stereocenters. The fourth-order valence-electron chi connectivity index (χ4n) is 2.29. The van der Waals surface area contributed by atoms with E-state index in [9.17, 15) is 0 Å². The molecule has 2 aromatic heterocycles. The largest absolute Gasteiger partial charge is 0.222 e. The van der Waals surface area contributed by atoms with Crippen molar-refractivity contribution in [3.8, 4) is 0 Å². The minimum absolute atomic E-state index is 0.547. The van der Waals surface area contributed by atoms with Crippen LogP contribution in [0, 0.1) is 13.8 Å². The topological polar surface area (TPSA) is 25.8 Å². The van der Waals surface area contributed by atoms with Crippen molar-refractivity contribution in [1.29, 1.82) is 0 Å². The molecule has 0 aliphatic carbocycles. The second kappa shape index (κ2) is 4.91. The van der Waals surface area contributed by atoms with E-state index in [2.05, 4.69) is 42.0 Å². The molecule has 3 rings (SSSR count). The third-order valence-corrected chi connectivity index (χ3v) is 4.06. The third kappa shape index (κ3) is 2.62. The maximum Gasteiger partial charge on any atom is 0.141 e. The summed E-state index contributed by atoms with van der Waals surface area (Å²) in [5.41, 5.74) is 3.75. The molecule has 0 unspecified atom stereocenters. The lowest BCUT2D eigenvalue weighted by molar-refractivity contribution is 0.993. The highest BCUT2D eigenvalue weighted by atomic mass is 35.5. The molecule has 0 bridgehead atoms. The van der Waals surface area contributed by atoms with Crippen LogP contribution in [0.3, 0.4) is 0 Å². The van der Waals surface area contributed by atoms with Gasteiger partial charge in [-0.1, -0.05) is 40.9 Å². The van der Waals surface area contributed by atoms with Crippen LogP contribution >= 0.6 is 22.9 Å². The predicted molar refractivity (Wildman–Crippen MR) is 81.1 cm³/mol. The molecule has 4 heteroatoms. The standard InChI is InChI=1S/C15H13ClN2S/c1-9-5-10(2)7-11(6-9)8-13-17-14(16)12-3-4-19-15(12)18-13/h3-7H,8H2,1-2H3. The Morgan fingerprint density at radius 1 is 1.11 bits per heavy atom. The normalized spacial score (nSPS) is 11.1. The molecule has 19 heavy (non-hydrogen) atoms. The Balaban J connectivity index is 2.00. The second-order valence-corrected chi connectivity index (χ2v) is 6.00. The zero-order valence-electron chi connectivity index (χ0n) is 10.8. The van der Waals surface area contributed by atoms with Crippen molar-refractivity contribution >= 4 is 33.2 Å². The van der Waals surface area contributed by atoms with Crippen molar-refractivity contribution in [2.24, 2.45) is 0 Å². The molecule has 2 nitrogen and oxygen atoms in total. The summed E-state index contributed by atoms with van der Waals surface area (Å²) in [5, 5.41) is 3.48. The van der Waals surface area contributed by atoms with Gasteiger partial charge in [0.25, 0.3) is 0 Å². The summed E-state index contributed by atoms with van der Waals surface area (Å²) >= 11 is 7.78. The molecular formula is C15H13ClN2S. The van der Waals surface area contributed by atoms with Gasteiger partial charge in [0.2, 0.25) is 0 Å². The van der Waals surface area contributed by atoms with Gasteiger partial charge in [-0.25, -0.2) is 9.97 Å². The van der Waals surface area contributed by atoms with Crippen LogP contribution in [0.4, 0.5) is 0 Å². The van der Waals surface area contributed by atoms with Gasteiger partial charge in [0.1, 0.15) is 15.8 Å². The van der Waals surface area contributed by atoms with Crippen molar-refractivity contribution in [2.45, 2.75) is 20.3 Å². The van der Waals surface area contributed by atoms with E-state index >= 15 is 0 Å². The Labute approximate surface area is 121 Å². The molecule has 0 N–H and O–H groups in total. The number of hydrogen-bond donors (Lipinski definition) is 0. The van der Waals surface area contributed by atoms with E-state index < -0.39 is 0 Å². The van der Waals surface area contributed by atoms with Crippen LogP contribution in [0.25, 0.3) is 10.2 Å². The molecule has 0 aliphatic heterocycles. The van der Waals surface area contributed by atoms with Gasteiger partial charge < -0.3 is 0 Å². The molecule has 1 aromatic carbocycles. The van der Waals surface area contributed by atoms with Crippen LogP contribution in [0.5, 0.6) is 0 Å². The Kier molecular flexibility index (Phi) is 3.25. The van der Waals surface area contributed by atoms with E-state index in [1.54, 1.807) is 11.3 Å². The first kappa shape index (κ1) is 12.6. The summed E-state index contributed by atoms with van der Waals surface area (Å²) in [6.45, 7) is 4.21. The van der Waals surface area contributed by atoms with Gasteiger partial charge in [-0.05, 0) is 30.9 Å². The highest BCUT2D eigenvalue weighted by molar-refractivity contribution is 7.16. The number of hydrogen-bond acceptors (Lipinski definition) is 3. The summed E-state index contributed by atoms with van der Waals surface area (Å²) in [6.07, 6.45) is 0.718. The fraction of sp³-hybridized carbons (Fsp3) is 0.200. The fourth-order valence-corrected chi connectivity index (χ4v) is 3.38. The number of halogens is 1. The number of rotatable bonds is 2. The van der Waals surface area contributed by atoms with Crippen molar-refractivity contribution < 1.29 is 0 Å². The van der Waals surface area contributed by atoms with Gasteiger partial charge in [-0.3, -0.25) is 0 Å². The van der Waals surface area contributed by atoms with Crippen LogP contribution < -0.4 is 0 Å². The van der Waals surface area contributed by atoms with Gasteiger partial charge >= 0.3 is 0 Å².